The average Bonchev–Trinajstić information content (AvgIpc) is 2.70. The minimum atomic E-state index is -0.765. The number of hydrogen-bond acceptors (Lipinski definition) is 4. The Morgan fingerprint density at radius 1 is 1.53 bits per heavy atom. The summed E-state index contributed by atoms with van der Waals surface area (Å²) in [7, 11) is 0. The van der Waals surface area contributed by atoms with Crippen molar-refractivity contribution in [3.63, 3.8) is 0 Å². The highest BCUT2D eigenvalue weighted by molar-refractivity contribution is 9.10. The molecule has 1 N–H and O–H groups in total. The van der Waals surface area contributed by atoms with E-state index in [1.807, 2.05) is 0 Å². The highest BCUT2D eigenvalue weighted by Crippen LogP contribution is 2.25. The minimum absolute atomic E-state index is 0.218. The first-order valence-electron chi connectivity index (χ1n) is 4.98. The van der Waals surface area contributed by atoms with Gasteiger partial charge in [-0.2, -0.15) is 0 Å². The second-order valence-electron chi connectivity index (χ2n) is 3.68. The molecular formula is C11H10BrFN2OS. The van der Waals surface area contributed by atoms with Crippen LogP contribution in [0.15, 0.2) is 22.7 Å². The minimum Gasteiger partial charge on any atom is -0.387 e. The van der Waals surface area contributed by atoms with Crippen molar-refractivity contribution in [2.75, 3.05) is 0 Å². The summed E-state index contributed by atoms with van der Waals surface area (Å²) in [6.07, 6.45) is -0.547. The van der Waals surface area contributed by atoms with Crippen molar-refractivity contribution < 1.29 is 9.50 Å². The SMILES string of the molecule is Cc1nnsc1C(O)Cc1cc(Br)ccc1F. The first-order chi connectivity index (χ1) is 8.08. The fraction of sp³-hybridized carbons (Fsp3) is 0.273. The molecule has 3 nitrogen and oxygen atoms in total. The third kappa shape index (κ3) is 2.88. The number of aromatic nitrogens is 2. The topological polar surface area (TPSA) is 46.0 Å². The molecule has 0 radical (unpaired) electrons. The monoisotopic (exact) mass is 316 g/mol. The van der Waals surface area contributed by atoms with E-state index in [1.165, 1.54) is 6.07 Å². The lowest BCUT2D eigenvalue weighted by Crippen LogP contribution is -2.03. The quantitative estimate of drug-likeness (QED) is 0.946. The Labute approximate surface area is 111 Å². The van der Waals surface area contributed by atoms with Crippen molar-refractivity contribution >= 4 is 27.5 Å². The maximum Gasteiger partial charge on any atom is 0.126 e. The molecule has 0 aliphatic heterocycles. The molecule has 2 aromatic rings. The van der Waals surface area contributed by atoms with Crippen LogP contribution < -0.4 is 0 Å². The van der Waals surface area contributed by atoms with E-state index in [0.717, 1.165) is 16.0 Å². The predicted molar refractivity (Wildman–Crippen MR) is 67.4 cm³/mol. The largest absolute Gasteiger partial charge is 0.387 e. The molecule has 1 unspecified atom stereocenters. The van der Waals surface area contributed by atoms with Crippen LogP contribution in [0.1, 0.15) is 22.2 Å². The fourth-order valence-corrected chi connectivity index (χ4v) is 2.58. The van der Waals surface area contributed by atoms with Gasteiger partial charge < -0.3 is 5.11 Å². The summed E-state index contributed by atoms with van der Waals surface area (Å²) < 4.78 is 18.1. The average molecular weight is 317 g/mol. The summed E-state index contributed by atoms with van der Waals surface area (Å²) in [5.74, 6) is -0.317. The van der Waals surface area contributed by atoms with Gasteiger partial charge in [-0.1, -0.05) is 20.4 Å². The van der Waals surface area contributed by atoms with Crippen LogP contribution in [0.4, 0.5) is 4.39 Å². The first kappa shape index (κ1) is 12.6. The van der Waals surface area contributed by atoms with Crippen LogP contribution in [-0.2, 0) is 6.42 Å². The number of aliphatic hydroxyl groups is 1. The van der Waals surface area contributed by atoms with E-state index in [4.69, 9.17) is 0 Å². The van der Waals surface area contributed by atoms with Gasteiger partial charge in [-0.25, -0.2) is 4.39 Å². The van der Waals surface area contributed by atoms with Crippen molar-refractivity contribution in [2.24, 2.45) is 0 Å². The molecule has 1 heterocycles. The first-order valence-corrected chi connectivity index (χ1v) is 6.55. The third-order valence-corrected chi connectivity index (χ3v) is 3.83. The number of hydrogen-bond donors (Lipinski definition) is 1. The van der Waals surface area contributed by atoms with E-state index in [2.05, 4.69) is 25.5 Å². The number of nitrogens with zero attached hydrogens (tertiary/aromatic N) is 2. The van der Waals surface area contributed by atoms with Gasteiger partial charge in [0.15, 0.2) is 0 Å². The van der Waals surface area contributed by atoms with Gasteiger partial charge in [-0.15, -0.1) is 5.10 Å². The number of halogens is 2. The summed E-state index contributed by atoms with van der Waals surface area (Å²) >= 11 is 4.42. The second kappa shape index (κ2) is 5.20. The maximum absolute atomic E-state index is 13.5. The second-order valence-corrected chi connectivity index (χ2v) is 5.38. The van der Waals surface area contributed by atoms with Crippen molar-refractivity contribution in [1.82, 2.24) is 9.59 Å². The molecule has 6 heteroatoms. The van der Waals surface area contributed by atoms with E-state index in [9.17, 15) is 9.50 Å². The smallest absolute Gasteiger partial charge is 0.126 e. The lowest BCUT2D eigenvalue weighted by atomic mass is 10.1. The van der Waals surface area contributed by atoms with Gasteiger partial charge in [0.05, 0.1) is 16.7 Å². The summed E-state index contributed by atoms with van der Waals surface area (Å²) in [6, 6.07) is 4.68. The Morgan fingerprint density at radius 3 is 2.94 bits per heavy atom. The predicted octanol–water partition coefficient (Wildman–Crippen LogP) is 3.02. The molecule has 2 rings (SSSR count). The van der Waals surface area contributed by atoms with Crippen molar-refractivity contribution in [2.45, 2.75) is 19.4 Å². The highest BCUT2D eigenvalue weighted by atomic mass is 79.9. The molecule has 1 aromatic carbocycles. The number of aliphatic hydroxyl groups excluding tert-OH is 1. The van der Waals surface area contributed by atoms with Crippen LogP contribution in [-0.4, -0.2) is 14.7 Å². The summed E-state index contributed by atoms with van der Waals surface area (Å²) in [6.45, 7) is 1.78. The number of rotatable bonds is 3. The molecule has 0 bridgehead atoms. The van der Waals surface area contributed by atoms with Gasteiger partial charge in [-0.3, -0.25) is 0 Å². The summed E-state index contributed by atoms with van der Waals surface area (Å²) in [5.41, 5.74) is 1.16. The molecule has 0 amide bonds. The maximum atomic E-state index is 13.5. The molecule has 17 heavy (non-hydrogen) atoms. The van der Waals surface area contributed by atoms with Crippen molar-refractivity contribution in [1.29, 1.82) is 0 Å². The van der Waals surface area contributed by atoms with E-state index in [-0.39, 0.29) is 12.2 Å². The van der Waals surface area contributed by atoms with Gasteiger partial charge in [0.25, 0.3) is 0 Å². The Kier molecular flexibility index (Phi) is 3.86. The molecule has 0 saturated heterocycles. The van der Waals surface area contributed by atoms with Gasteiger partial charge in [0.1, 0.15) is 5.82 Å². The molecule has 0 aliphatic rings. The zero-order valence-electron chi connectivity index (χ0n) is 9.02. The van der Waals surface area contributed by atoms with Crippen molar-refractivity contribution in [3.8, 4) is 0 Å². The molecule has 1 aromatic heterocycles. The molecule has 0 aliphatic carbocycles. The molecule has 1 atom stereocenters. The van der Waals surface area contributed by atoms with Gasteiger partial charge >= 0.3 is 0 Å². The van der Waals surface area contributed by atoms with Gasteiger partial charge in [-0.05, 0) is 42.2 Å². The number of aryl methyl sites for hydroxylation is 1. The third-order valence-electron chi connectivity index (χ3n) is 2.41. The number of benzene rings is 1. The standard InChI is InChI=1S/C11H10BrFN2OS/c1-6-11(17-15-14-6)10(16)5-7-4-8(12)2-3-9(7)13/h2-4,10,16H,5H2,1H3. The Morgan fingerprint density at radius 2 is 2.29 bits per heavy atom. The van der Waals surface area contributed by atoms with E-state index in [0.29, 0.717) is 16.1 Å². The van der Waals surface area contributed by atoms with Crippen LogP contribution in [0.25, 0.3) is 0 Å². The summed E-state index contributed by atoms with van der Waals surface area (Å²) in [4.78, 5) is 0.685. The summed E-state index contributed by atoms with van der Waals surface area (Å²) in [5, 5.41) is 13.8. The zero-order valence-corrected chi connectivity index (χ0v) is 11.4. The molecule has 0 spiro atoms. The van der Waals surface area contributed by atoms with E-state index in [1.54, 1.807) is 19.1 Å². The molecule has 0 fully saturated rings. The molecule has 0 saturated carbocycles. The highest BCUT2D eigenvalue weighted by Gasteiger charge is 2.16. The Balaban J connectivity index is 2.21. The molecule has 90 valence electrons. The Hall–Kier alpha value is -0.850. The molecular weight excluding hydrogens is 307 g/mol. The van der Waals surface area contributed by atoms with Gasteiger partial charge in [0, 0.05) is 10.9 Å². The van der Waals surface area contributed by atoms with Crippen LogP contribution in [0, 0.1) is 12.7 Å². The van der Waals surface area contributed by atoms with Crippen LogP contribution in [0.3, 0.4) is 0 Å². The van der Waals surface area contributed by atoms with Crippen molar-refractivity contribution in [3.05, 3.63) is 44.6 Å². The van der Waals surface area contributed by atoms with Crippen LogP contribution in [0.2, 0.25) is 0 Å². The lowest BCUT2D eigenvalue weighted by molar-refractivity contribution is 0.180. The normalized spacial score (nSPS) is 12.7. The van der Waals surface area contributed by atoms with Crippen LogP contribution in [0.5, 0.6) is 0 Å². The van der Waals surface area contributed by atoms with Gasteiger partial charge in [0.2, 0.25) is 0 Å². The van der Waals surface area contributed by atoms with Crippen LogP contribution >= 0.6 is 27.5 Å². The fourth-order valence-electron chi connectivity index (χ4n) is 1.54. The van der Waals surface area contributed by atoms with E-state index < -0.39 is 6.10 Å². The Bertz CT molecular complexity index is 532. The van der Waals surface area contributed by atoms with E-state index >= 15 is 0 Å². The zero-order chi connectivity index (χ0) is 12.4. The lowest BCUT2D eigenvalue weighted by Gasteiger charge is -2.09.